The quantitative estimate of drug-likeness (QED) is 0.777. The first kappa shape index (κ1) is 18.7. The molecule has 9 heteroatoms. The molecule has 2 aliphatic rings. The van der Waals surface area contributed by atoms with Crippen molar-refractivity contribution in [1.82, 2.24) is 24.8 Å². The highest BCUT2D eigenvalue weighted by molar-refractivity contribution is 6.19. The van der Waals surface area contributed by atoms with E-state index in [1.807, 2.05) is 6.92 Å². The van der Waals surface area contributed by atoms with Gasteiger partial charge in [-0.3, -0.25) is 29.3 Å². The zero-order valence-electron chi connectivity index (χ0n) is 16.2. The topological polar surface area (TPSA) is 108 Å². The fourth-order valence-electron chi connectivity index (χ4n) is 3.47. The third kappa shape index (κ3) is 3.58. The molecule has 0 unspecified atom stereocenters. The number of carbonyl (C=O) groups is 3. The van der Waals surface area contributed by atoms with Gasteiger partial charge < -0.3 is 10.2 Å². The number of imide groups is 1. The van der Waals surface area contributed by atoms with Crippen LogP contribution in [0.15, 0.2) is 42.0 Å². The first-order chi connectivity index (χ1) is 13.9. The molecule has 3 amide bonds. The van der Waals surface area contributed by atoms with Gasteiger partial charge in [-0.25, -0.2) is 4.98 Å². The zero-order chi connectivity index (χ0) is 20.5. The Morgan fingerprint density at radius 2 is 1.93 bits per heavy atom. The Hall–Kier alpha value is -3.62. The number of aryl methyl sites for hydroxylation is 1. The summed E-state index contributed by atoms with van der Waals surface area (Å²) in [5.74, 6) is -0.523. The second kappa shape index (κ2) is 7.42. The van der Waals surface area contributed by atoms with Crippen molar-refractivity contribution in [2.75, 3.05) is 25.5 Å². The molecule has 2 aromatic heterocycles. The van der Waals surface area contributed by atoms with E-state index in [4.69, 9.17) is 0 Å². The van der Waals surface area contributed by atoms with Gasteiger partial charge in [-0.1, -0.05) is 0 Å². The van der Waals surface area contributed by atoms with Gasteiger partial charge in [0.05, 0.1) is 24.1 Å². The fraction of sp³-hybridized carbons (Fsp3) is 0.300. The van der Waals surface area contributed by atoms with E-state index in [1.165, 1.54) is 7.05 Å². The molecular weight excluding hydrogens is 372 g/mol. The minimum absolute atomic E-state index is 0.0153. The molecule has 0 fully saturated rings. The summed E-state index contributed by atoms with van der Waals surface area (Å²) in [5.41, 5.74) is 3.16. The Kier molecular flexibility index (Phi) is 4.79. The van der Waals surface area contributed by atoms with Crippen LogP contribution in [0, 0.1) is 6.92 Å². The molecule has 0 bridgehead atoms. The molecule has 0 radical (unpaired) electrons. The number of amides is 3. The van der Waals surface area contributed by atoms with Gasteiger partial charge in [-0.2, -0.15) is 0 Å². The van der Waals surface area contributed by atoms with Gasteiger partial charge in [0.25, 0.3) is 11.8 Å². The van der Waals surface area contributed by atoms with Crippen LogP contribution < -0.4 is 5.32 Å². The van der Waals surface area contributed by atoms with Crippen LogP contribution in [0.1, 0.15) is 18.5 Å². The number of likely N-dealkylation sites (N-methyl/N-ethyl adjacent to an activating group) is 1. The summed E-state index contributed by atoms with van der Waals surface area (Å²) in [7, 11) is 1.46. The number of carbonyl (C=O) groups excluding carboxylic acids is 3. The molecule has 0 spiro atoms. The highest BCUT2D eigenvalue weighted by Gasteiger charge is 2.40. The predicted octanol–water partition coefficient (Wildman–Crippen LogP) is 1.13. The van der Waals surface area contributed by atoms with Gasteiger partial charge >= 0.3 is 0 Å². The van der Waals surface area contributed by atoms with E-state index in [-0.39, 0.29) is 24.3 Å². The van der Waals surface area contributed by atoms with Crippen molar-refractivity contribution in [2.45, 2.75) is 19.8 Å². The number of hydrogen-bond donors (Lipinski definition) is 1. The highest BCUT2D eigenvalue weighted by Crippen LogP contribution is 2.30. The van der Waals surface area contributed by atoms with Gasteiger partial charge in [0.1, 0.15) is 11.5 Å². The molecule has 4 heterocycles. The van der Waals surface area contributed by atoms with Crippen molar-refractivity contribution in [3.63, 3.8) is 0 Å². The summed E-state index contributed by atoms with van der Waals surface area (Å²) in [6, 6.07) is 3.49. The van der Waals surface area contributed by atoms with Gasteiger partial charge in [-0.05, 0) is 31.9 Å². The van der Waals surface area contributed by atoms with Gasteiger partial charge in [0.15, 0.2) is 0 Å². The molecule has 4 rings (SSSR count). The maximum absolute atomic E-state index is 12.5. The molecule has 148 valence electrons. The first-order valence-corrected chi connectivity index (χ1v) is 9.29. The summed E-state index contributed by atoms with van der Waals surface area (Å²) >= 11 is 0. The Bertz CT molecular complexity index is 1010. The maximum Gasteiger partial charge on any atom is 0.277 e. The van der Waals surface area contributed by atoms with Crippen molar-refractivity contribution < 1.29 is 14.4 Å². The second-order valence-electron chi connectivity index (χ2n) is 7.04. The lowest BCUT2D eigenvalue weighted by Crippen LogP contribution is -2.38. The molecule has 0 saturated heterocycles. The largest absolute Gasteiger partial charge is 0.357 e. The average molecular weight is 392 g/mol. The van der Waals surface area contributed by atoms with Crippen molar-refractivity contribution in [2.24, 2.45) is 0 Å². The van der Waals surface area contributed by atoms with E-state index in [9.17, 15) is 14.4 Å². The molecule has 0 atom stereocenters. The smallest absolute Gasteiger partial charge is 0.277 e. The lowest BCUT2D eigenvalue weighted by Gasteiger charge is -2.28. The van der Waals surface area contributed by atoms with Crippen LogP contribution in [0.4, 0.5) is 5.82 Å². The minimum Gasteiger partial charge on any atom is -0.357 e. The Labute approximate surface area is 167 Å². The molecule has 2 aromatic rings. The highest BCUT2D eigenvalue weighted by atomic mass is 16.2. The fourth-order valence-corrected chi connectivity index (χ4v) is 3.47. The van der Waals surface area contributed by atoms with Crippen LogP contribution in [0.25, 0.3) is 11.3 Å². The van der Waals surface area contributed by atoms with Gasteiger partial charge in [0.2, 0.25) is 5.91 Å². The normalized spacial score (nSPS) is 16.3. The van der Waals surface area contributed by atoms with Crippen LogP contribution in [-0.4, -0.2) is 62.6 Å². The minimum atomic E-state index is -0.348. The van der Waals surface area contributed by atoms with E-state index >= 15 is 0 Å². The number of pyridine rings is 1. The number of nitrogens with zero attached hydrogens (tertiary/aromatic N) is 5. The van der Waals surface area contributed by atoms with E-state index in [1.54, 1.807) is 35.6 Å². The van der Waals surface area contributed by atoms with Crippen molar-refractivity contribution in [1.29, 1.82) is 0 Å². The van der Waals surface area contributed by atoms with Gasteiger partial charge in [-0.15, -0.1) is 0 Å². The number of aromatic nitrogens is 3. The van der Waals surface area contributed by atoms with Gasteiger partial charge in [0, 0.05) is 37.1 Å². The summed E-state index contributed by atoms with van der Waals surface area (Å²) in [6.07, 6.45) is 6.25. The summed E-state index contributed by atoms with van der Waals surface area (Å²) < 4.78 is 0. The number of nitrogens with one attached hydrogen (secondary N) is 1. The van der Waals surface area contributed by atoms with Crippen LogP contribution in [-0.2, 0) is 14.4 Å². The monoisotopic (exact) mass is 392 g/mol. The van der Waals surface area contributed by atoms with E-state index in [0.717, 1.165) is 22.6 Å². The number of hydrogen-bond acceptors (Lipinski definition) is 7. The first-order valence-electron chi connectivity index (χ1n) is 9.29. The summed E-state index contributed by atoms with van der Waals surface area (Å²) in [4.78, 5) is 52.5. The molecule has 0 saturated carbocycles. The second-order valence-corrected chi connectivity index (χ2v) is 7.04. The van der Waals surface area contributed by atoms with E-state index < -0.39 is 0 Å². The molecular formula is C20H20N6O3. The van der Waals surface area contributed by atoms with E-state index in [0.29, 0.717) is 35.7 Å². The lowest BCUT2D eigenvalue weighted by atomic mass is 10.0. The molecule has 2 aliphatic heterocycles. The Balaban J connectivity index is 1.43. The molecule has 0 aliphatic carbocycles. The number of anilines is 1. The molecule has 1 N–H and O–H groups in total. The van der Waals surface area contributed by atoms with E-state index in [2.05, 4.69) is 20.3 Å². The maximum atomic E-state index is 12.5. The van der Waals surface area contributed by atoms with Crippen molar-refractivity contribution in [3.05, 3.63) is 47.7 Å². The summed E-state index contributed by atoms with van der Waals surface area (Å²) in [6.45, 7) is 2.40. The predicted molar refractivity (Wildman–Crippen MR) is 104 cm³/mol. The Morgan fingerprint density at radius 1 is 1.10 bits per heavy atom. The third-order valence-corrected chi connectivity index (χ3v) is 4.97. The Morgan fingerprint density at radius 3 is 2.62 bits per heavy atom. The average Bonchev–Trinajstić information content (AvgIpc) is 2.94. The van der Waals surface area contributed by atoms with Crippen molar-refractivity contribution >= 4 is 23.5 Å². The molecule has 9 nitrogen and oxygen atoms in total. The van der Waals surface area contributed by atoms with Crippen molar-refractivity contribution in [3.8, 4) is 11.3 Å². The lowest BCUT2D eigenvalue weighted by molar-refractivity contribution is -0.136. The molecule has 0 aromatic carbocycles. The standard InChI is InChI=1S/C20H20N6O3/c1-12-8-22-15(10-21-12)13-5-6-16(23-9-13)24-17(27)11-26-7-3-4-14-18(26)20(29)25(2)19(14)28/h5-6,8-10H,3-4,7,11H2,1-2H3,(H,23,24,27). The number of rotatable bonds is 4. The van der Waals surface area contributed by atoms with Crippen LogP contribution in [0.3, 0.4) is 0 Å². The van der Waals surface area contributed by atoms with Crippen LogP contribution in [0.5, 0.6) is 0 Å². The third-order valence-electron chi connectivity index (χ3n) is 4.97. The SMILES string of the molecule is Cc1cnc(-c2ccc(NC(=O)CN3CCCC4=C3C(=O)N(C)C4=O)nc2)cn1. The molecule has 29 heavy (non-hydrogen) atoms. The summed E-state index contributed by atoms with van der Waals surface area (Å²) in [5, 5.41) is 2.73. The van der Waals surface area contributed by atoms with Crippen LogP contribution in [0.2, 0.25) is 0 Å². The van der Waals surface area contributed by atoms with Crippen LogP contribution >= 0.6 is 0 Å². The zero-order valence-corrected chi connectivity index (χ0v) is 16.2.